The summed E-state index contributed by atoms with van der Waals surface area (Å²) in [5, 5.41) is 8.04. The van der Waals surface area contributed by atoms with Crippen molar-refractivity contribution in [1.29, 1.82) is 0 Å². The summed E-state index contributed by atoms with van der Waals surface area (Å²) >= 11 is 1.27. The molecule has 2 rings (SSSR count). The molecule has 0 spiro atoms. The molecule has 2 N–H and O–H groups in total. The molecule has 0 fully saturated rings. The van der Waals surface area contributed by atoms with Crippen LogP contribution in [0.15, 0.2) is 26.7 Å². The van der Waals surface area contributed by atoms with Gasteiger partial charge in [0.2, 0.25) is 5.89 Å². The number of esters is 1. The molecule has 1 heterocycles. The summed E-state index contributed by atoms with van der Waals surface area (Å²) < 4.78 is 9.98. The van der Waals surface area contributed by atoms with E-state index in [1.807, 2.05) is 13.0 Å². The number of carbonyl (C=O) groups excluding carboxylic acids is 1. The Hall–Kier alpha value is -2.02. The molecule has 2 aromatic rings. The van der Waals surface area contributed by atoms with Gasteiger partial charge in [-0.05, 0) is 36.4 Å². The fraction of sp³-hybridized carbons (Fsp3) is 0.250. The van der Waals surface area contributed by atoms with Gasteiger partial charge in [-0.15, -0.1) is 10.2 Å². The van der Waals surface area contributed by atoms with Gasteiger partial charge in [0.05, 0.1) is 12.7 Å². The number of nitrogens with two attached hydrogens (primary N) is 1. The number of aromatic nitrogens is 2. The molecule has 0 aliphatic carbocycles. The maximum Gasteiger partial charge on any atom is 0.340 e. The molecular weight excluding hydrogens is 266 g/mol. The molecule has 0 aliphatic rings. The lowest BCUT2D eigenvalue weighted by Gasteiger charge is -2.08. The SMILES string of the molecule is COC(=O)c1cc(Sc2nnc(C)o2)cc(C)c1N. The maximum atomic E-state index is 11.6. The largest absolute Gasteiger partial charge is 0.465 e. The lowest BCUT2D eigenvalue weighted by atomic mass is 10.1. The Labute approximate surface area is 114 Å². The van der Waals surface area contributed by atoms with Crippen LogP contribution in [-0.2, 0) is 4.74 Å². The monoisotopic (exact) mass is 279 g/mol. The minimum absolute atomic E-state index is 0.334. The molecule has 0 unspecified atom stereocenters. The molecule has 0 radical (unpaired) electrons. The van der Waals surface area contributed by atoms with Crippen LogP contribution >= 0.6 is 11.8 Å². The first-order valence-corrected chi connectivity index (χ1v) is 6.29. The quantitative estimate of drug-likeness (QED) is 0.680. The minimum Gasteiger partial charge on any atom is -0.465 e. The fourth-order valence-electron chi connectivity index (χ4n) is 1.52. The fourth-order valence-corrected chi connectivity index (χ4v) is 2.38. The van der Waals surface area contributed by atoms with Crippen molar-refractivity contribution in [1.82, 2.24) is 10.2 Å². The standard InChI is InChI=1S/C12H13N3O3S/c1-6-4-8(19-12-15-14-7(2)18-12)5-9(10(6)13)11(16)17-3/h4-5H,13H2,1-3H3. The van der Waals surface area contributed by atoms with Gasteiger partial charge in [-0.1, -0.05) is 0 Å². The Balaban J connectivity index is 2.36. The first kappa shape index (κ1) is 13.4. The zero-order valence-electron chi connectivity index (χ0n) is 10.8. The zero-order chi connectivity index (χ0) is 14.0. The number of aryl methyl sites for hydroxylation is 2. The van der Waals surface area contributed by atoms with Gasteiger partial charge < -0.3 is 14.9 Å². The van der Waals surface area contributed by atoms with Crippen molar-refractivity contribution in [2.24, 2.45) is 0 Å². The molecule has 1 aromatic heterocycles. The number of anilines is 1. The van der Waals surface area contributed by atoms with E-state index in [-0.39, 0.29) is 0 Å². The Morgan fingerprint density at radius 3 is 2.68 bits per heavy atom. The molecule has 1 aromatic carbocycles. The van der Waals surface area contributed by atoms with E-state index in [9.17, 15) is 4.79 Å². The van der Waals surface area contributed by atoms with Crippen LogP contribution in [0, 0.1) is 13.8 Å². The topological polar surface area (TPSA) is 91.2 Å². The summed E-state index contributed by atoms with van der Waals surface area (Å²) in [7, 11) is 1.32. The molecule has 6 nitrogen and oxygen atoms in total. The molecule has 0 bridgehead atoms. The summed E-state index contributed by atoms with van der Waals surface area (Å²) in [6.45, 7) is 3.54. The molecular formula is C12H13N3O3S. The van der Waals surface area contributed by atoms with Crippen molar-refractivity contribution in [3.63, 3.8) is 0 Å². The Kier molecular flexibility index (Phi) is 3.75. The van der Waals surface area contributed by atoms with Crippen LogP contribution < -0.4 is 5.73 Å². The van der Waals surface area contributed by atoms with Crippen LogP contribution in [-0.4, -0.2) is 23.3 Å². The number of ether oxygens (including phenoxy) is 1. The Morgan fingerprint density at radius 2 is 2.11 bits per heavy atom. The number of nitrogens with zero attached hydrogens (tertiary/aromatic N) is 2. The summed E-state index contributed by atoms with van der Waals surface area (Å²) in [6, 6.07) is 3.50. The first-order valence-electron chi connectivity index (χ1n) is 5.47. The van der Waals surface area contributed by atoms with E-state index in [0.29, 0.717) is 22.4 Å². The number of methoxy groups -OCH3 is 1. The highest BCUT2D eigenvalue weighted by atomic mass is 32.2. The second kappa shape index (κ2) is 5.31. The van der Waals surface area contributed by atoms with Crippen molar-refractivity contribution in [3.05, 3.63) is 29.2 Å². The predicted molar refractivity (Wildman–Crippen MR) is 70.1 cm³/mol. The van der Waals surface area contributed by atoms with Crippen LogP contribution in [0.2, 0.25) is 0 Å². The first-order chi connectivity index (χ1) is 9.01. The van der Waals surface area contributed by atoms with Crippen LogP contribution in [0.3, 0.4) is 0 Å². The molecule has 0 amide bonds. The van der Waals surface area contributed by atoms with E-state index in [1.165, 1.54) is 18.9 Å². The third-order valence-electron chi connectivity index (χ3n) is 2.48. The van der Waals surface area contributed by atoms with Crippen LogP contribution in [0.5, 0.6) is 0 Å². The molecule has 0 saturated heterocycles. The summed E-state index contributed by atoms with van der Waals surface area (Å²) in [5.41, 5.74) is 7.41. The third-order valence-corrected chi connectivity index (χ3v) is 3.29. The van der Waals surface area contributed by atoms with Gasteiger partial charge in [-0.25, -0.2) is 4.79 Å². The van der Waals surface area contributed by atoms with E-state index in [1.54, 1.807) is 13.0 Å². The van der Waals surface area contributed by atoms with E-state index >= 15 is 0 Å². The number of nitrogen functional groups attached to an aromatic ring is 1. The number of hydrogen-bond acceptors (Lipinski definition) is 7. The summed E-state index contributed by atoms with van der Waals surface area (Å²) in [6.07, 6.45) is 0. The second-order valence-electron chi connectivity index (χ2n) is 3.88. The van der Waals surface area contributed by atoms with Gasteiger partial charge in [-0.2, -0.15) is 0 Å². The van der Waals surface area contributed by atoms with E-state index in [0.717, 1.165) is 10.5 Å². The highest BCUT2D eigenvalue weighted by Crippen LogP contribution is 2.31. The lowest BCUT2D eigenvalue weighted by molar-refractivity contribution is 0.0601. The van der Waals surface area contributed by atoms with E-state index < -0.39 is 5.97 Å². The average Bonchev–Trinajstić information content (AvgIpc) is 2.78. The molecule has 0 atom stereocenters. The molecule has 0 saturated carbocycles. The second-order valence-corrected chi connectivity index (χ2v) is 4.91. The van der Waals surface area contributed by atoms with Gasteiger partial charge in [0.15, 0.2) is 0 Å². The molecule has 100 valence electrons. The van der Waals surface area contributed by atoms with Gasteiger partial charge >= 0.3 is 5.97 Å². The smallest absolute Gasteiger partial charge is 0.340 e. The highest BCUT2D eigenvalue weighted by Gasteiger charge is 2.15. The minimum atomic E-state index is -0.468. The number of rotatable bonds is 3. The van der Waals surface area contributed by atoms with Crippen molar-refractivity contribution in [3.8, 4) is 0 Å². The summed E-state index contributed by atoms with van der Waals surface area (Å²) in [4.78, 5) is 12.4. The van der Waals surface area contributed by atoms with Crippen LogP contribution in [0.4, 0.5) is 5.69 Å². The summed E-state index contributed by atoms with van der Waals surface area (Å²) in [5.74, 6) is 0.0209. The van der Waals surface area contributed by atoms with Gasteiger partial charge in [0.25, 0.3) is 5.22 Å². The number of benzene rings is 1. The average molecular weight is 279 g/mol. The molecule has 7 heteroatoms. The Morgan fingerprint density at radius 1 is 1.37 bits per heavy atom. The van der Waals surface area contributed by atoms with Crippen molar-refractivity contribution in [2.45, 2.75) is 24.0 Å². The van der Waals surface area contributed by atoms with E-state index in [4.69, 9.17) is 14.9 Å². The van der Waals surface area contributed by atoms with Crippen molar-refractivity contribution >= 4 is 23.4 Å². The highest BCUT2D eigenvalue weighted by molar-refractivity contribution is 7.99. The lowest BCUT2D eigenvalue weighted by Crippen LogP contribution is -2.07. The predicted octanol–water partition coefficient (Wildman–Crippen LogP) is 2.21. The van der Waals surface area contributed by atoms with Gasteiger partial charge in [0.1, 0.15) is 0 Å². The third kappa shape index (κ3) is 2.87. The van der Waals surface area contributed by atoms with Crippen molar-refractivity contribution in [2.75, 3.05) is 12.8 Å². The normalized spacial score (nSPS) is 10.5. The molecule has 0 aliphatic heterocycles. The van der Waals surface area contributed by atoms with Gasteiger partial charge in [-0.3, -0.25) is 0 Å². The van der Waals surface area contributed by atoms with Gasteiger partial charge in [0, 0.05) is 17.5 Å². The van der Waals surface area contributed by atoms with E-state index in [2.05, 4.69) is 10.2 Å². The molecule has 19 heavy (non-hydrogen) atoms. The van der Waals surface area contributed by atoms with Crippen LogP contribution in [0.25, 0.3) is 0 Å². The number of carbonyl (C=O) groups is 1. The van der Waals surface area contributed by atoms with Crippen LogP contribution in [0.1, 0.15) is 21.8 Å². The zero-order valence-corrected chi connectivity index (χ0v) is 11.6. The van der Waals surface area contributed by atoms with Crippen molar-refractivity contribution < 1.29 is 13.9 Å². The Bertz CT molecular complexity index is 625. The number of hydrogen-bond donors (Lipinski definition) is 1. The maximum absolute atomic E-state index is 11.6.